The Hall–Kier alpha value is -3.16. The van der Waals surface area contributed by atoms with Crippen LogP contribution in [-0.2, 0) is 4.74 Å². The van der Waals surface area contributed by atoms with Gasteiger partial charge in [-0.2, -0.15) is 0 Å². The number of hydrogen-bond acceptors (Lipinski definition) is 8. The summed E-state index contributed by atoms with van der Waals surface area (Å²) in [5, 5.41) is 7.99. The van der Waals surface area contributed by atoms with Crippen LogP contribution < -0.4 is 16.2 Å². The highest BCUT2D eigenvalue weighted by molar-refractivity contribution is 5.67. The number of carbonyl (C=O) groups excluding carboxylic acids is 1. The first-order chi connectivity index (χ1) is 11.6. The van der Waals surface area contributed by atoms with Crippen LogP contribution in [0.3, 0.4) is 0 Å². The van der Waals surface area contributed by atoms with Crippen LogP contribution in [0.4, 0.5) is 27.8 Å². The van der Waals surface area contributed by atoms with Gasteiger partial charge in [0, 0.05) is 0 Å². The minimum atomic E-state index is -0.807. The molecule has 0 aliphatic carbocycles. The summed E-state index contributed by atoms with van der Waals surface area (Å²) in [5.41, 5.74) is 11.9. The number of nitrogen functional groups attached to an aromatic ring is 2. The van der Waals surface area contributed by atoms with Gasteiger partial charge in [0.2, 0.25) is 0 Å². The molecule has 0 saturated carbocycles. The van der Waals surface area contributed by atoms with Crippen LogP contribution in [0.5, 0.6) is 5.75 Å². The van der Waals surface area contributed by atoms with E-state index in [2.05, 4.69) is 15.2 Å². The Morgan fingerprint density at radius 3 is 2.42 bits per heavy atom. The number of pyridine rings is 1. The van der Waals surface area contributed by atoms with Crippen molar-refractivity contribution in [3.05, 3.63) is 36.4 Å². The summed E-state index contributed by atoms with van der Waals surface area (Å²) < 4.78 is 9.76. The monoisotopic (exact) mass is 331 g/mol. The van der Waals surface area contributed by atoms with E-state index in [4.69, 9.17) is 20.9 Å². The number of azo groups is 1. The number of benzene rings is 1. The minimum Gasteiger partial charge on any atom is -0.434 e. The first-order valence-electron chi connectivity index (χ1n) is 7.47. The second-order valence-electron chi connectivity index (χ2n) is 4.09. The number of nitrogens with two attached hydrogens (primary N) is 2. The van der Waals surface area contributed by atoms with E-state index in [-0.39, 0.29) is 18.2 Å². The second kappa shape index (κ2) is 9.78. The van der Waals surface area contributed by atoms with Crippen LogP contribution in [-0.4, -0.2) is 17.7 Å². The molecule has 8 heteroatoms. The van der Waals surface area contributed by atoms with Gasteiger partial charge in [0.25, 0.3) is 0 Å². The molecule has 0 atom stereocenters. The van der Waals surface area contributed by atoms with Gasteiger partial charge in [-0.25, -0.2) is 9.78 Å². The quantitative estimate of drug-likeness (QED) is 0.490. The van der Waals surface area contributed by atoms with Crippen molar-refractivity contribution in [1.29, 1.82) is 0 Å². The molecule has 0 bridgehead atoms. The minimum absolute atomic E-state index is 0.160. The van der Waals surface area contributed by atoms with Crippen molar-refractivity contribution in [2.75, 3.05) is 18.1 Å². The third-order valence-corrected chi connectivity index (χ3v) is 2.51. The van der Waals surface area contributed by atoms with Crippen LogP contribution in [0.15, 0.2) is 46.6 Å². The Kier molecular flexibility index (Phi) is 7.69. The number of nitrogens with zero attached hydrogens (tertiary/aromatic N) is 3. The molecule has 8 nitrogen and oxygen atoms in total. The van der Waals surface area contributed by atoms with E-state index in [0.29, 0.717) is 17.2 Å². The Labute approximate surface area is 140 Å². The third-order valence-electron chi connectivity index (χ3n) is 2.51. The molecule has 0 unspecified atom stereocenters. The van der Waals surface area contributed by atoms with Gasteiger partial charge in [-0.3, -0.25) is 0 Å². The first-order valence-corrected chi connectivity index (χ1v) is 7.47. The van der Waals surface area contributed by atoms with Crippen LogP contribution >= 0.6 is 0 Å². The molecule has 0 aliphatic rings. The van der Waals surface area contributed by atoms with Gasteiger partial charge in [-0.1, -0.05) is 26.0 Å². The van der Waals surface area contributed by atoms with Crippen LogP contribution in [0, 0.1) is 0 Å². The van der Waals surface area contributed by atoms with Crippen LogP contribution in [0.2, 0.25) is 0 Å². The van der Waals surface area contributed by atoms with Gasteiger partial charge >= 0.3 is 6.16 Å². The fraction of sp³-hybridized carbons (Fsp3) is 0.250. The molecule has 4 N–H and O–H groups in total. The highest BCUT2D eigenvalue weighted by atomic mass is 16.7. The number of anilines is 2. The van der Waals surface area contributed by atoms with Crippen molar-refractivity contribution >= 4 is 29.2 Å². The van der Waals surface area contributed by atoms with E-state index < -0.39 is 6.16 Å². The number of hydrogen-bond donors (Lipinski definition) is 2. The molecule has 0 spiro atoms. The number of ether oxygens (including phenoxy) is 2. The lowest BCUT2D eigenvalue weighted by Crippen LogP contribution is -2.09. The van der Waals surface area contributed by atoms with Gasteiger partial charge in [0.05, 0.1) is 6.61 Å². The summed E-state index contributed by atoms with van der Waals surface area (Å²) in [5.74, 6) is 0.682. The SMILES string of the molecule is CC.CCOC(=O)Oc1ccccc1N=Nc1ccc(N)nc1N. The van der Waals surface area contributed by atoms with Gasteiger partial charge in [-0.15, -0.1) is 10.2 Å². The van der Waals surface area contributed by atoms with E-state index in [1.807, 2.05) is 13.8 Å². The van der Waals surface area contributed by atoms with Crippen molar-refractivity contribution < 1.29 is 14.3 Å². The number of carbonyl (C=O) groups is 1. The van der Waals surface area contributed by atoms with Crippen LogP contribution in [0.1, 0.15) is 20.8 Å². The summed E-state index contributed by atoms with van der Waals surface area (Å²) in [7, 11) is 0. The Morgan fingerprint density at radius 1 is 1.08 bits per heavy atom. The van der Waals surface area contributed by atoms with Crippen molar-refractivity contribution in [3.8, 4) is 5.75 Å². The summed E-state index contributed by atoms with van der Waals surface area (Å²) >= 11 is 0. The molecule has 24 heavy (non-hydrogen) atoms. The fourth-order valence-corrected chi connectivity index (χ4v) is 1.54. The molecule has 2 aromatic rings. The summed E-state index contributed by atoms with van der Waals surface area (Å²) in [4.78, 5) is 15.2. The second-order valence-corrected chi connectivity index (χ2v) is 4.09. The molecular weight excluding hydrogens is 310 g/mol. The molecule has 0 radical (unpaired) electrons. The highest BCUT2D eigenvalue weighted by Gasteiger charge is 2.09. The Balaban J connectivity index is 0.00000139. The normalized spacial score (nSPS) is 9.96. The van der Waals surface area contributed by atoms with Crippen molar-refractivity contribution in [2.45, 2.75) is 20.8 Å². The molecule has 0 aliphatic heterocycles. The van der Waals surface area contributed by atoms with Gasteiger partial charge in [-0.05, 0) is 31.2 Å². The molecular formula is C16H21N5O3. The van der Waals surface area contributed by atoms with Gasteiger partial charge in [0.1, 0.15) is 17.2 Å². The van der Waals surface area contributed by atoms with Crippen LogP contribution in [0.25, 0.3) is 0 Å². The van der Waals surface area contributed by atoms with E-state index in [1.165, 1.54) is 0 Å². The zero-order valence-corrected chi connectivity index (χ0v) is 13.9. The van der Waals surface area contributed by atoms with Gasteiger partial charge < -0.3 is 20.9 Å². The predicted molar refractivity (Wildman–Crippen MR) is 92.7 cm³/mol. The first kappa shape index (κ1) is 18.9. The largest absolute Gasteiger partial charge is 0.513 e. The highest BCUT2D eigenvalue weighted by Crippen LogP contribution is 2.30. The molecule has 1 aromatic carbocycles. The lowest BCUT2D eigenvalue weighted by molar-refractivity contribution is 0.104. The number of aromatic nitrogens is 1. The summed E-state index contributed by atoms with van der Waals surface area (Å²) in [6.45, 7) is 5.90. The molecule has 0 fully saturated rings. The molecule has 2 rings (SSSR count). The topological polar surface area (TPSA) is 125 Å². The average Bonchev–Trinajstić information content (AvgIpc) is 2.57. The summed E-state index contributed by atoms with van der Waals surface area (Å²) in [6, 6.07) is 9.81. The average molecular weight is 331 g/mol. The maximum atomic E-state index is 11.4. The van der Waals surface area contributed by atoms with E-state index in [1.54, 1.807) is 43.3 Å². The molecule has 128 valence electrons. The zero-order valence-electron chi connectivity index (χ0n) is 13.9. The number of para-hydroxylation sites is 1. The zero-order chi connectivity index (χ0) is 17.9. The Bertz CT molecular complexity index is 704. The van der Waals surface area contributed by atoms with Gasteiger partial charge in [0.15, 0.2) is 11.6 Å². The Morgan fingerprint density at radius 2 is 1.75 bits per heavy atom. The molecule has 1 heterocycles. The molecule has 0 saturated heterocycles. The van der Waals surface area contributed by atoms with E-state index >= 15 is 0 Å². The van der Waals surface area contributed by atoms with E-state index in [9.17, 15) is 4.79 Å². The lowest BCUT2D eigenvalue weighted by atomic mass is 10.3. The maximum absolute atomic E-state index is 11.4. The van der Waals surface area contributed by atoms with Crippen molar-refractivity contribution in [3.63, 3.8) is 0 Å². The summed E-state index contributed by atoms with van der Waals surface area (Å²) in [6.07, 6.45) is -0.807. The maximum Gasteiger partial charge on any atom is 0.513 e. The molecule has 1 aromatic heterocycles. The predicted octanol–water partition coefficient (Wildman–Crippen LogP) is 4.22. The standard InChI is InChI=1S/C14H15N5O3.C2H6/c1-2-21-14(20)22-11-6-4-3-5-9(11)18-19-10-7-8-12(15)17-13(10)16;1-2/h3-8H,2H2,1H3,(H4,15,16,17);1-2H3. The lowest BCUT2D eigenvalue weighted by Gasteiger charge is -2.06. The van der Waals surface area contributed by atoms with Crippen molar-refractivity contribution in [2.24, 2.45) is 10.2 Å². The van der Waals surface area contributed by atoms with E-state index in [0.717, 1.165) is 0 Å². The fourth-order valence-electron chi connectivity index (χ4n) is 1.54. The third kappa shape index (κ3) is 5.56. The smallest absolute Gasteiger partial charge is 0.434 e. The van der Waals surface area contributed by atoms with Crippen molar-refractivity contribution in [1.82, 2.24) is 4.98 Å². The molecule has 0 amide bonds. The number of rotatable bonds is 4.